The summed E-state index contributed by atoms with van der Waals surface area (Å²) >= 11 is 0. The molecule has 1 aliphatic heterocycles. The normalized spacial score (nSPS) is 25.1. The van der Waals surface area contributed by atoms with Gasteiger partial charge in [-0.05, 0) is 25.8 Å². The molecule has 5 heteroatoms. The Kier molecular flexibility index (Phi) is 3.56. The van der Waals surface area contributed by atoms with Crippen molar-refractivity contribution in [2.45, 2.75) is 31.9 Å². The maximum atomic E-state index is 5.51. The summed E-state index contributed by atoms with van der Waals surface area (Å²) in [6.07, 6.45) is 4.14. The average molecular weight is 222 g/mol. The molecule has 2 atom stereocenters. The van der Waals surface area contributed by atoms with Crippen LogP contribution in [-0.4, -0.2) is 35.8 Å². The van der Waals surface area contributed by atoms with Crippen LogP contribution in [0.2, 0.25) is 0 Å². The van der Waals surface area contributed by atoms with Crippen LogP contribution in [0.25, 0.3) is 0 Å². The molecule has 0 bridgehead atoms. The number of aromatic nitrogens is 2. The monoisotopic (exact) mass is 222 g/mol. The third kappa shape index (κ3) is 2.82. The van der Waals surface area contributed by atoms with Gasteiger partial charge in [-0.15, -0.1) is 0 Å². The first-order valence-electron chi connectivity index (χ1n) is 5.67. The molecule has 2 N–H and O–H groups in total. The molecular weight excluding hydrogens is 204 g/mol. The summed E-state index contributed by atoms with van der Waals surface area (Å²) < 4.78 is 5.51. The van der Waals surface area contributed by atoms with Crippen molar-refractivity contribution in [3.05, 3.63) is 12.3 Å². The summed E-state index contributed by atoms with van der Waals surface area (Å²) in [4.78, 5) is 8.42. The first-order chi connectivity index (χ1) is 7.78. The highest BCUT2D eigenvalue weighted by molar-refractivity contribution is 5.40. The van der Waals surface area contributed by atoms with E-state index in [2.05, 4.69) is 27.5 Å². The zero-order valence-electron chi connectivity index (χ0n) is 9.73. The molecule has 2 rings (SSSR count). The smallest absolute Gasteiger partial charge is 0.224 e. The number of anilines is 2. The number of rotatable bonds is 3. The van der Waals surface area contributed by atoms with E-state index in [-0.39, 0.29) is 0 Å². The Labute approximate surface area is 95.6 Å². The summed E-state index contributed by atoms with van der Waals surface area (Å²) in [5, 5.41) is 6.34. The predicted molar refractivity (Wildman–Crippen MR) is 63.6 cm³/mol. The van der Waals surface area contributed by atoms with Crippen molar-refractivity contribution in [3.63, 3.8) is 0 Å². The van der Waals surface area contributed by atoms with E-state index < -0.39 is 0 Å². The van der Waals surface area contributed by atoms with Crippen LogP contribution in [0.3, 0.4) is 0 Å². The van der Waals surface area contributed by atoms with Gasteiger partial charge < -0.3 is 15.4 Å². The standard InChI is InChI=1S/C11H18N4O/c1-8-7-9(4-6-16-8)14-10-3-5-13-11(12-2)15-10/h3,5,8-9H,4,6-7H2,1-2H3,(H2,12,13,14,15). The fourth-order valence-electron chi connectivity index (χ4n) is 1.90. The molecule has 2 unspecified atom stereocenters. The van der Waals surface area contributed by atoms with E-state index >= 15 is 0 Å². The van der Waals surface area contributed by atoms with Crippen LogP contribution in [0.4, 0.5) is 11.8 Å². The highest BCUT2D eigenvalue weighted by Gasteiger charge is 2.19. The first-order valence-corrected chi connectivity index (χ1v) is 5.67. The minimum absolute atomic E-state index is 0.330. The summed E-state index contributed by atoms with van der Waals surface area (Å²) in [6, 6.07) is 2.34. The van der Waals surface area contributed by atoms with Crippen molar-refractivity contribution in [2.24, 2.45) is 0 Å². The third-order valence-electron chi connectivity index (χ3n) is 2.72. The van der Waals surface area contributed by atoms with Crippen molar-refractivity contribution in [1.82, 2.24) is 9.97 Å². The zero-order chi connectivity index (χ0) is 11.4. The molecular formula is C11H18N4O. The molecule has 0 spiro atoms. The summed E-state index contributed by atoms with van der Waals surface area (Å²) in [5.74, 6) is 1.52. The molecule has 0 radical (unpaired) electrons. The van der Waals surface area contributed by atoms with Gasteiger partial charge >= 0.3 is 0 Å². The second-order valence-corrected chi connectivity index (χ2v) is 4.06. The second kappa shape index (κ2) is 5.12. The number of hydrogen-bond donors (Lipinski definition) is 2. The lowest BCUT2D eigenvalue weighted by molar-refractivity contribution is 0.0232. The van der Waals surface area contributed by atoms with E-state index in [1.54, 1.807) is 6.20 Å². The Morgan fingerprint density at radius 1 is 1.50 bits per heavy atom. The van der Waals surface area contributed by atoms with E-state index in [1.165, 1.54) is 0 Å². The quantitative estimate of drug-likeness (QED) is 0.811. The molecule has 1 saturated heterocycles. The summed E-state index contributed by atoms with van der Waals surface area (Å²) in [5.41, 5.74) is 0. The van der Waals surface area contributed by atoms with E-state index in [4.69, 9.17) is 4.74 Å². The van der Waals surface area contributed by atoms with Gasteiger partial charge in [-0.2, -0.15) is 4.98 Å². The minimum atomic E-state index is 0.330. The number of hydrogen-bond acceptors (Lipinski definition) is 5. The van der Waals surface area contributed by atoms with Crippen molar-refractivity contribution in [1.29, 1.82) is 0 Å². The molecule has 1 aliphatic rings. The molecule has 1 aromatic rings. The molecule has 5 nitrogen and oxygen atoms in total. The number of nitrogens with zero attached hydrogens (tertiary/aromatic N) is 2. The van der Waals surface area contributed by atoms with Crippen LogP contribution in [0.5, 0.6) is 0 Å². The van der Waals surface area contributed by atoms with Gasteiger partial charge in [-0.25, -0.2) is 4.98 Å². The maximum absolute atomic E-state index is 5.51. The predicted octanol–water partition coefficient (Wildman–Crippen LogP) is 1.50. The van der Waals surface area contributed by atoms with Crippen molar-refractivity contribution < 1.29 is 4.74 Å². The fraction of sp³-hybridized carbons (Fsp3) is 0.636. The lowest BCUT2D eigenvalue weighted by Crippen LogP contribution is -2.32. The van der Waals surface area contributed by atoms with Crippen LogP contribution in [0, 0.1) is 0 Å². The summed E-state index contributed by atoms with van der Waals surface area (Å²) in [6.45, 7) is 2.93. The van der Waals surface area contributed by atoms with E-state index in [1.807, 2.05) is 13.1 Å². The van der Waals surface area contributed by atoms with Gasteiger partial charge in [0, 0.05) is 25.9 Å². The highest BCUT2D eigenvalue weighted by atomic mass is 16.5. The maximum Gasteiger partial charge on any atom is 0.224 e. The average Bonchev–Trinajstić information content (AvgIpc) is 2.29. The van der Waals surface area contributed by atoms with Gasteiger partial charge in [-0.3, -0.25) is 0 Å². The highest BCUT2D eigenvalue weighted by Crippen LogP contribution is 2.17. The lowest BCUT2D eigenvalue weighted by atomic mass is 10.0. The van der Waals surface area contributed by atoms with Gasteiger partial charge in [0.2, 0.25) is 5.95 Å². The van der Waals surface area contributed by atoms with Gasteiger partial charge in [0.1, 0.15) is 5.82 Å². The minimum Gasteiger partial charge on any atom is -0.378 e. The topological polar surface area (TPSA) is 59.1 Å². The van der Waals surface area contributed by atoms with Crippen LogP contribution in [-0.2, 0) is 4.74 Å². The molecule has 0 aromatic carbocycles. The van der Waals surface area contributed by atoms with Crippen molar-refractivity contribution >= 4 is 11.8 Å². The van der Waals surface area contributed by atoms with Gasteiger partial charge in [0.05, 0.1) is 6.10 Å². The van der Waals surface area contributed by atoms with Crippen LogP contribution in [0.1, 0.15) is 19.8 Å². The Balaban J connectivity index is 1.97. The van der Waals surface area contributed by atoms with E-state index in [0.717, 1.165) is 25.3 Å². The van der Waals surface area contributed by atoms with Crippen LogP contribution in [0.15, 0.2) is 12.3 Å². The largest absolute Gasteiger partial charge is 0.378 e. The molecule has 88 valence electrons. The van der Waals surface area contributed by atoms with Gasteiger partial charge in [-0.1, -0.05) is 0 Å². The Morgan fingerprint density at radius 3 is 3.12 bits per heavy atom. The Bertz CT molecular complexity index is 345. The fourth-order valence-corrected chi connectivity index (χ4v) is 1.90. The molecule has 1 fully saturated rings. The molecule has 16 heavy (non-hydrogen) atoms. The SMILES string of the molecule is CNc1nccc(NC2CCOC(C)C2)n1. The van der Waals surface area contributed by atoms with Gasteiger partial charge in [0.25, 0.3) is 0 Å². The lowest BCUT2D eigenvalue weighted by Gasteiger charge is -2.28. The molecule has 0 amide bonds. The van der Waals surface area contributed by atoms with E-state index in [0.29, 0.717) is 18.1 Å². The zero-order valence-corrected chi connectivity index (χ0v) is 9.73. The Hall–Kier alpha value is -1.36. The first kappa shape index (κ1) is 11.1. The number of ether oxygens (including phenoxy) is 1. The molecule has 1 aromatic heterocycles. The molecule has 0 saturated carbocycles. The van der Waals surface area contributed by atoms with Crippen molar-refractivity contribution in [3.8, 4) is 0 Å². The summed E-state index contributed by atoms with van der Waals surface area (Å²) in [7, 11) is 1.82. The van der Waals surface area contributed by atoms with E-state index in [9.17, 15) is 0 Å². The third-order valence-corrected chi connectivity index (χ3v) is 2.72. The van der Waals surface area contributed by atoms with Crippen LogP contribution < -0.4 is 10.6 Å². The Morgan fingerprint density at radius 2 is 2.38 bits per heavy atom. The van der Waals surface area contributed by atoms with Crippen LogP contribution >= 0.6 is 0 Å². The number of nitrogens with one attached hydrogen (secondary N) is 2. The second-order valence-electron chi connectivity index (χ2n) is 4.06. The van der Waals surface area contributed by atoms with Gasteiger partial charge in [0.15, 0.2) is 0 Å². The molecule has 0 aliphatic carbocycles. The van der Waals surface area contributed by atoms with Crippen molar-refractivity contribution in [2.75, 3.05) is 24.3 Å². The molecule has 2 heterocycles.